The van der Waals surface area contributed by atoms with Crippen molar-refractivity contribution >= 4 is 12.1 Å². The number of phenolic OH excluding ortho intramolecular Hbond substituents is 1. The van der Waals surface area contributed by atoms with E-state index in [1.165, 1.54) is 11.8 Å². The molecule has 0 aliphatic heterocycles. The molecule has 0 atom stereocenters. The monoisotopic (exact) mass is 310 g/mol. The van der Waals surface area contributed by atoms with Gasteiger partial charge in [0.05, 0.1) is 6.21 Å². The van der Waals surface area contributed by atoms with E-state index in [1.54, 1.807) is 24.3 Å². The number of aryl methyl sites for hydroxylation is 1. The zero-order valence-electron chi connectivity index (χ0n) is 13.9. The molecule has 4 nitrogen and oxygen atoms in total. The van der Waals surface area contributed by atoms with Crippen molar-refractivity contribution in [1.29, 1.82) is 0 Å². The summed E-state index contributed by atoms with van der Waals surface area (Å²) in [6.07, 6.45) is 1.43. The van der Waals surface area contributed by atoms with E-state index < -0.39 is 0 Å². The number of rotatable bonds is 3. The molecule has 0 aliphatic rings. The summed E-state index contributed by atoms with van der Waals surface area (Å²) in [7, 11) is 0. The summed E-state index contributed by atoms with van der Waals surface area (Å²) in [5, 5.41) is 13.7. The van der Waals surface area contributed by atoms with Gasteiger partial charge in [0.25, 0.3) is 5.91 Å². The highest BCUT2D eigenvalue weighted by Crippen LogP contribution is 2.22. The van der Waals surface area contributed by atoms with Crippen LogP contribution in [0.1, 0.15) is 47.8 Å². The van der Waals surface area contributed by atoms with Gasteiger partial charge in [-0.05, 0) is 47.7 Å². The summed E-state index contributed by atoms with van der Waals surface area (Å²) < 4.78 is 0. The van der Waals surface area contributed by atoms with Gasteiger partial charge in [0.1, 0.15) is 5.75 Å². The Labute approximate surface area is 136 Å². The van der Waals surface area contributed by atoms with E-state index in [0.29, 0.717) is 11.1 Å². The van der Waals surface area contributed by atoms with Gasteiger partial charge in [-0.15, -0.1) is 0 Å². The normalized spacial score (nSPS) is 11.7. The van der Waals surface area contributed by atoms with Crippen LogP contribution in [0.4, 0.5) is 0 Å². The summed E-state index contributed by atoms with van der Waals surface area (Å²) in [6.45, 7) is 8.27. The second-order valence-corrected chi connectivity index (χ2v) is 6.59. The standard InChI is InChI=1S/C19H22N2O2/c1-13-5-6-15(17(22)11-13)12-20-21-18(23)14-7-9-16(10-8-14)19(2,3)4/h5-12,22H,1-4H3,(H,21,23). The Kier molecular flexibility index (Phi) is 4.84. The molecule has 120 valence electrons. The zero-order chi connectivity index (χ0) is 17.0. The molecule has 0 fully saturated rings. The highest BCUT2D eigenvalue weighted by molar-refractivity contribution is 5.95. The quantitative estimate of drug-likeness (QED) is 0.670. The summed E-state index contributed by atoms with van der Waals surface area (Å²) in [6, 6.07) is 12.7. The number of hydrogen-bond acceptors (Lipinski definition) is 3. The predicted molar refractivity (Wildman–Crippen MR) is 93.0 cm³/mol. The first-order chi connectivity index (χ1) is 10.8. The molecular weight excluding hydrogens is 288 g/mol. The lowest BCUT2D eigenvalue weighted by Gasteiger charge is -2.18. The Bertz CT molecular complexity index is 726. The van der Waals surface area contributed by atoms with Gasteiger partial charge in [-0.3, -0.25) is 4.79 Å². The van der Waals surface area contributed by atoms with Crippen LogP contribution in [0.2, 0.25) is 0 Å². The van der Waals surface area contributed by atoms with Gasteiger partial charge in [-0.2, -0.15) is 5.10 Å². The van der Waals surface area contributed by atoms with Crippen molar-refractivity contribution in [2.45, 2.75) is 33.1 Å². The molecular formula is C19H22N2O2. The second-order valence-electron chi connectivity index (χ2n) is 6.59. The minimum atomic E-state index is -0.284. The van der Waals surface area contributed by atoms with Crippen molar-refractivity contribution in [2.75, 3.05) is 0 Å². The van der Waals surface area contributed by atoms with Gasteiger partial charge in [-0.25, -0.2) is 5.43 Å². The molecule has 0 heterocycles. The van der Waals surface area contributed by atoms with Crippen LogP contribution in [0, 0.1) is 6.92 Å². The lowest BCUT2D eigenvalue weighted by molar-refractivity contribution is 0.0955. The SMILES string of the molecule is Cc1ccc(C=NNC(=O)c2ccc(C(C)(C)C)cc2)c(O)c1. The number of aromatic hydroxyl groups is 1. The fraction of sp³-hybridized carbons (Fsp3) is 0.263. The van der Waals surface area contributed by atoms with Crippen molar-refractivity contribution in [3.05, 3.63) is 64.7 Å². The highest BCUT2D eigenvalue weighted by atomic mass is 16.3. The maximum atomic E-state index is 12.0. The molecule has 2 N–H and O–H groups in total. The van der Waals surface area contributed by atoms with Gasteiger partial charge in [0, 0.05) is 11.1 Å². The van der Waals surface area contributed by atoms with Crippen molar-refractivity contribution in [1.82, 2.24) is 5.43 Å². The van der Waals surface area contributed by atoms with E-state index in [-0.39, 0.29) is 17.1 Å². The summed E-state index contributed by atoms with van der Waals surface area (Å²) in [4.78, 5) is 12.0. The second kappa shape index (κ2) is 6.65. The largest absolute Gasteiger partial charge is 0.507 e. The van der Waals surface area contributed by atoms with Gasteiger partial charge in [0.15, 0.2) is 0 Å². The lowest BCUT2D eigenvalue weighted by Crippen LogP contribution is -2.18. The Balaban J connectivity index is 2.03. The molecule has 0 saturated carbocycles. The molecule has 0 radical (unpaired) electrons. The van der Waals surface area contributed by atoms with Crippen LogP contribution >= 0.6 is 0 Å². The first-order valence-electron chi connectivity index (χ1n) is 7.51. The van der Waals surface area contributed by atoms with Crippen LogP contribution in [0.15, 0.2) is 47.6 Å². The molecule has 0 aliphatic carbocycles. The number of amides is 1. The van der Waals surface area contributed by atoms with E-state index in [2.05, 4.69) is 31.3 Å². The summed E-state index contributed by atoms with van der Waals surface area (Å²) >= 11 is 0. The van der Waals surface area contributed by atoms with E-state index >= 15 is 0 Å². The number of phenols is 1. The third kappa shape index (κ3) is 4.42. The highest BCUT2D eigenvalue weighted by Gasteiger charge is 2.14. The molecule has 0 spiro atoms. The van der Waals surface area contributed by atoms with Crippen molar-refractivity contribution in [2.24, 2.45) is 5.10 Å². The zero-order valence-corrected chi connectivity index (χ0v) is 13.9. The molecule has 23 heavy (non-hydrogen) atoms. The molecule has 0 aromatic heterocycles. The lowest BCUT2D eigenvalue weighted by atomic mass is 9.87. The molecule has 2 aromatic rings. The molecule has 4 heteroatoms. The number of hydrogen-bond donors (Lipinski definition) is 2. The smallest absolute Gasteiger partial charge is 0.271 e. The predicted octanol–water partition coefficient (Wildman–Crippen LogP) is 3.76. The van der Waals surface area contributed by atoms with Crippen LogP contribution in [-0.4, -0.2) is 17.2 Å². The number of benzene rings is 2. The van der Waals surface area contributed by atoms with E-state index in [1.807, 2.05) is 25.1 Å². The number of carbonyl (C=O) groups excluding carboxylic acids is 1. The molecule has 0 bridgehead atoms. The Morgan fingerprint density at radius 2 is 1.78 bits per heavy atom. The average molecular weight is 310 g/mol. The fourth-order valence-electron chi connectivity index (χ4n) is 2.11. The maximum Gasteiger partial charge on any atom is 0.271 e. The average Bonchev–Trinajstić information content (AvgIpc) is 2.48. The van der Waals surface area contributed by atoms with Crippen LogP contribution in [0.25, 0.3) is 0 Å². The molecule has 2 aromatic carbocycles. The Hall–Kier alpha value is -2.62. The first-order valence-corrected chi connectivity index (χ1v) is 7.51. The van der Waals surface area contributed by atoms with Gasteiger partial charge >= 0.3 is 0 Å². The number of nitrogens with zero attached hydrogens (tertiary/aromatic N) is 1. The van der Waals surface area contributed by atoms with Crippen molar-refractivity contribution in [3.8, 4) is 5.75 Å². The molecule has 2 rings (SSSR count). The number of hydrazone groups is 1. The maximum absolute atomic E-state index is 12.0. The molecule has 1 amide bonds. The third-order valence-corrected chi connectivity index (χ3v) is 3.57. The minimum Gasteiger partial charge on any atom is -0.507 e. The van der Waals surface area contributed by atoms with Gasteiger partial charge < -0.3 is 5.11 Å². The molecule has 0 unspecified atom stereocenters. The van der Waals surface area contributed by atoms with Gasteiger partial charge in [0.2, 0.25) is 0 Å². The fourth-order valence-corrected chi connectivity index (χ4v) is 2.11. The van der Waals surface area contributed by atoms with Gasteiger partial charge in [-0.1, -0.05) is 39.0 Å². The van der Waals surface area contributed by atoms with E-state index in [4.69, 9.17) is 0 Å². The molecule has 0 saturated heterocycles. The third-order valence-electron chi connectivity index (χ3n) is 3.57. The van der Waals surface area contributed by atoms with Crippen molar-refractivity contribution < 1.29 is 9.90 Å². The van der Waals surface area contributed by atoms with Crippen LogP contribution in [-0.2, 0) is 5.41 Å². The van der Waals surface area contributed by atoms with E-state index in [0.717, 1.165) is 5.56 Å². The number of carbonyl (C=O) groups is 1. The Morgan fingerprint density at radius 3 is 2.35 bits per heavy atom. The topological polar surface area (TPSA) is 61.7 Å². The van der Waals surface area contributed by atoms with Crippen molar-refractivity contribution in [3.63, 3.8) is 0 Å². The minimum absolute atomic E-state index is 0.0517. The van der Waals surface area contributed by atoms with Crippen LogP contribution in [0.3, 0.4) is 0 Å². The van der Waals surface area contributed by atoms with Crippen LogP contribution in [0.5, 0.6) is 5.75 Å². The van der Waals surface area contributed by atoms with Crippen LogP contribution < -0.4 is 5.43 Å². The van der Waals surface area contributed by atoms with E-state index in [9.17, 15) is 9.90 Å². The summed E-state index contributed by atoms with van der Waals surface area (Å²) in [5.74, 6) is -0.147. The first kappa shape index (κ1) is 16.7. The summed E-state index contributed by atoms with van der Waals surface area (Å²) in [5.41, 5.74) is 5.75. The Morgan fingerprint density at radius 1 is 1.13 bits per heavy atom. The number of nitrogens with one attached hydrogen (secondary N) is 1.